The smallest absolute Gasteiger partial charge is 0.255 e. The summed E-state index contributed by atoms with van der Waals surface area (Å²) in [5, 5.41) is 3.17. The zero-order chi connectivity index (χ0) is 16.2. The molecule has 0 aliphatic carbocycles. The molecule has 1 heterocycles. The van der Waals surface area contributed by atoms with E-state index in [1.807, 2.05) is 0 Å². The molecule has 0 radical (unpaired) electrons. The molecule has 0 unspecified atom stereocenters. The van der Waals surface area contributed by atoms with Crippen molar-refractivity contribution in [2.24, 2.45) is 0 Å². The van der Waals surface area contributed by atoms with Crippen LogP contribution in [-0.4, -0.2) is 26.2 Å². The second-order valence-corrected chi connectivity index (χ2v) is 5.43. The molecule has 2 aromatic rings. The lowest BCUT2D eigenvalue weighted by Crippen LogP contribution is -2.12. The summed E-state index contributed by atoms with van der Waals surface area (Å²) in [6.07, 6.45) is 0.774. The Morgan fingerprint density at radius 3 is 2.87 bits per heavy atom. The monoisotopic (exact) mass is 333 g/mol. The lowest BCUT2D eigenvalue weighted by atomic mass is 10.1. The summed E-state index contributed by atoms with van der Waals surface area (Å²) in [6, 6.07) is 10.3. The predicted molar refractivity (Wildman–Crippen MR) is 88.0 cm³/mol. The van der Waals surface area contributed by atoms with Gasteiger partial charge in [-0.05, 0) is 24.3 Å². The average molecular weight is 334 g/mol. The molecule has 23 heavy (non-hydrogen) atoms. The van der Waals surface area contributed by atoms with Crippen LogP contribution in [0.1, 0.15) is 16.8 Å². The predicted octanol–water partition coefficient (Wildman–Crippen LogP) is 3.76. The van der Waals surface area contributed by atoms with E-state index in [4.69, 9.17) is 25.8 Å². The van der Waals surface area contributed by atoms with Crippen molar-refractivity contribution in [3.8, 4) is 17.2 Å². The summed E-state index contributed by atoms with van der Waals surface area (Å²) >= 11 is 6.21. The van der Waals surface area contributed by atoms with Crippen LogP contribution < -0.4 is 19.5 Å². The molecule has 0 saturated heterocycles. The van der Waals surface area contributed by atoms with Crippen molar-refractivity contribution in [1.82, 2.24) is 0 Å². The van der Waals surface area contributed by atoms with Crippen LogP contribution in [0.5, 0.6) is 17.2 Å². The summed E-state index contributed by atoms with van der Waals surface area (Å²) in [5.41, 5.74) is 1.04. The average Bonchev–Trinajstić information content (AvgIpc) is 2.80. The lowest BCUT2D eigenvalue weighted by molar-refractivity contribution is 0.102. The first-order valence-corrected chi connectivity index (χ1v) is 7.60. The fourth-order valence-electron chi connectivity index (χ4n) is 2.27. The molecule has 0 spiro atoms. The summed E-state index contributed by atoms with van der Waals surface area (Å²) in [4.78, 5) is 12.4. The number of methoxy groups -OCH3 is 1. The maximum absolute atomic E-state index is 12.4. The molecular formula is C17H16ClNO4. The fraction of sp³-hybridized carbons (Fsp3) is 0.235. The Hall–Kier alpha value is -2.40. The minimum Gasteiger partial charge on any atom is -0.497 e. The third kappa shape index (κ3) is 3.51. The van der Waals surface area contributed by atoms with E-state index in [2.05, 4.69) is 5.32 Å². The zero-order valence-corrected chi connectivity index (χ0v) is 13.4. The van der Waals surface area contributed by atoms with E-state index in [0.29, 0.717) is 46.7 Å². The molecule has 1 aliphatic heterocycles. The molecule has 0 fully saturated rings. The molecule has 1 amide bonds. The highest BCUT2D eigenvalue weighted by Crippen LogP contribution is 2.38. The van der Waals surface area contributed by atoms with Gasteiger partial charge < -0.3 is 19.5 Å². The molecule has 0 saturated carbocycles. The van der Waals surface area contributed by atoms with Crippen LogP contribution in [0.4, 0.5) is 5.69 Å². The molecule has 5 nitrogen and oxygen atoms in total. The van der Waals surface area contributed by atoms with Crippen molar-refractivity contribution < 1.29 is 19.0 Å². The van der Waals surface area contributed by atoms with Gasteiger partial charge in [-0.25, -0.2) is 0 Å². The molecule has 2 aromatic carbocycles. The van der Waals surface area contributed by atoms with Crippen LogP contribution in [0.25, 0.3) is 0 Å². The van der Waals surface area contributed by atoms with E-state index in [1.54, 1.807) is 43.5 Å². The number of hydrogen-bond acceptors (Lipinski definition) is 4. The highest BCUT2D eigenvalue weighted by atomic mass is 35.5. The Morgan fingerprint density at radius 1 is 1.22 bits per heavy atom. The maximum Gasteiger partial charge on any atom is 0.255 e. The molecule has 0 aromatic heterocycles. The number of halogens is 1. The van der Waals surface area contributed by atoms with Crippen molar-refractivity contribution in [3.05, 3.63) is 47.0 Å². The number of amides is 1. The number of hydrogen-bond donors (Lipinski definition) is 1. The van der Waals surface area contributed by atoms with Gasteiger partial charge in [-0.2, -0.15) is 0 Å². The van der Waals surface area contributed by atoms with E-state index in [1.165, 1.54) is 0 Å². The van der Waals surface area contributed by atoms with Gasteiger partial charge in [0.2, 0.25) is 0 Å². The zero-order valence-electron chi connectivity index (χ0n) is 12.6. The van der Waals surface area contributed by atoms with Crippen LogP contribution in [-0.2, 0) is 0 Å². The number of ether oxygens (including phenoxy) is 3. The quantitative estimate of drug-likeness (QED) is 0.929. The normalized spacial score (nSPS) is 13.1. The Bertz CT molecular complexity index is 733. The van der Waals surface area contributed by atoms with E-state index >= 15 is 0 Å². The van der Waals surface area contributed by atoms with Crippen molar-refractivity contribution >= 4 is 23.2 Å². The van der Waals surface area contributed by atoms with E-state index in [9.17, 15) is 4.79 Å². The SMILES string of the molecule is COc1cccc(NC(=O)c2cc(Cl)c3c(c2)OCCCO3)c1. The minimum absolute atomic E-state index is 0.282. The number of rotatable bonds is 3. The van der Waals surface area contributed by atoms with E-state index < -0.39 is 0 Å². The van der Waals surface area contributed by atoms with Crippen LogP contribution in [0, 0.1) is 0 Å². The van der Waals surface area contributed by atoms with Crippen molar-refractivity contribution in [3.63, 3.8) is 0 Å². The van der Waals surface area contributed by atoms with Gasteiger partial charge in [-0.3, -0.25) is 4.79 Å². The van der Waals surface area contributed by atoms with Crippen LogP contribution in [0.15, 0.2) is 36.4 Å². The number of benzene rings is 2. The number of fused-ring (bicyclic) bond motifs is 1. The largest absolute Gasteiger partial charge is 0.497 e. The second kappa shape index (κ2) is 6.79. The highest BCUT2D eigenvalue weighted by Gasteiger charge is 2.18. The molecule has 1 aliphatic rings. The topological polar surface area (TPSA) is 56.8 Å². The Labute approximate surface area is 139 Å². The van der Waals surface area contributed by atoms with Crippen molar-refractivity contribution in [2.75, 3.05) is 25.6 Å². The van der Waals surface area contributed by atoms with E-state index in [0.717, 1.165) is 6.42 Å². The van der Waals surface area contributed by atoms with Crippen molar-refractivity contribution in [2.45, 2.75) is 6.42 Å². The summed E-state index contributed by atoms with van der Waals surface area (Å²) in [5.74, 6) is 1.36. The Balaban J connectivity index is 1.84. The molecule has 0 atom stereocenters. The summed E-state index contributed by atoms with van der Waals surface area (Å²) < 4.78 is 16.3. The fourth-order valence-corrected chi connectivity index (χ4v) is 2.53. The standard InChI is InChI=1S/C17H16ClNO4/c1-21-13-5-2-4-12(10-13)19-17(20)11-8-14(18)16-15(9-11)22-6-3-7-23-16/h2,4-5,8-10H,3,6-7H2,1H3,(H,19,20). The maximum atomic E-state index is 12.4. The van der Waals surface area contributed by atoms with Crippen LogP contribution in [0.3, 0.4) is 0 Å². The molecule has 3 rings (SSSR count). The number of nitrogens with one attached hydrogen (secondary N) is 1. The third-order valence-corrected chi connectivity index (χ3v) is 3.67. The highest BCUT2D eigenvalue weighted by molar-refractivity contribution is 6.32. The van der Waals surface area contributed by atoms with Gasteiger partial charge in [-0.1, -0.05) is 17.7 Å². The Kier molecular flexibility index (Phi) is 4.57. The van der Waals surface area contributed by atoms with Gasteiger partial charge in [-0.15, -0.1) is 0 Å². The number of anilines is 1. The molecule has 120 valence electrons. The Morgan fingerprint density at radius 2 is 2.04 bits per heavy atom. The first-order valence-electron chi connectivity index (χ1n) is 7.22. The summed E-state index contributed by atoms with van der Waals surface area (Å²) in [6.45, 7) is 1.08. The lowest BCUT2D eigenvalue weighted by Gasteiger charge is -2.12. The number of carbonyl (C=O) groups excluding carboxylic acids is 1. The van der Waals surface area contributed by atoms with Crippen LogP contribution in [0.2, 0.25) is 5.02 Å². The van der Waals surface area contributed by atoms with Gasteiger partial charge >= 0.3 is 0 Å². The number of carbonyl (C=O) groups is 1. The first-order chi connectivity index (χ1) is 11.2. The second-order valence-electron chi connectivity index (χ2n) is 5.02. The van der Waals surface area contributed by atoms with E-state index in [-0.39, 0.29) is 5.91 Å². The molecule has 0 bridgehead atoms. The van der Waals surface area contributed by atoms with Gasteiger partial charge in [0.25, 0.3) is 5.91 Å². The molecule has 1 N–H and O–H groups in total. The first kappa shape index (κ1) is 15.5. The molecular weight excluding hydrogens is 318 g/mol. The van der Waals surface area contributed by atoms with Gasteiger partial charge in [0.1, 0.15) is 5.75 Å². The third-order valence-electron chi connectivity index (χ3n) is 3.39. The molecule has 6 heteroatoms. The van der Waals surface area contributed by atoms with Gasteiger partial charge in [0, 0.05) is 23.7 Å². The van der Waals surface area contributed by atoms with Gasteiger partial charge in [0.05, 0.1) is 25.3 Å². The van der Waals surface area contributed by atoms with Crippen molar-refractivity contribution in [1.29, 1.82) is 0 Å². The minimum atomic E-state index is -0.282. The summed E-state index contributed by atoms with van der Waals surface area (Å²) in [7, 11) is 1.57. The van der Waals surface area contributed by atoms with Crippen LogP contribution >= 0.6 is 11.6 Å². The van der Waals surface area contributed by atoms with Gasteiger partial charge in [0.15, 0.2) is 11.5 Å².